The average Bonchev–Trinajstić information content (AvgIpc) is 3.04. The van der Waals surface area contributed by atoms with Crippen molar-refractivity contribution in [1.29, 1.82) is 0 Å². The maximum absolute atomic E-state index is 6.04. The highest BCUT2D eigenvalue weighted by Crippen LogP contribution is 2.31. The summed E-state index contributed by atoms with van der Waals surface area (Å²) in [5, 5.41) is 0. The Morgan fingerprint density at radius 2 is 1.92 bits per heavy atom. The van der Waals surface area contributed by atoms with E-state index in [4.69, 9.17) is 9.47 Å². The second-order valence-corrected chi connectivity index (χ2v) is 6.70. The number of ether oxygens (including phenoxy) is 2. The molecule has 0 amide bonds. The number of rotatable bonds is 6. The first-order chi connectivity index (χ1) is 11.6. The molecular weight excluding hydrogens is 298 g/mol. The quantitative estimate of drug-likeness (QED) is 0.653. The van der Waals surface area contributed by atoms with Crippen LogP contribution in [0.5, 0.6) is 11.5 Å². The minimum atomic E-state index is -0.0417. The Morgan fingerprint density at radius 3 is 2.67 bits per heavy atom. The molecule has 0 radical (unpaired) electrons. The molecule has 24 heavy (non-hydrogen) atoms. The molecule has 0 spiro atoms. The summed E-state index contributed by atoms with van der Waals surface area (Å²) in [7, 11) is 0. The second kappa shape index (κ2) is 6.91. The molecule has 1 unspecified atom stereocenters. The summed E-state index contributed by atoms with van der Waals surface area (Å²) in [4.78, 5) is 4.55. The van der Waals surface area contributed by atoms with Crippen molar-refractivity contribution in [3.05, 3.63) is 72.8 Å². The Kier molecular flexibility index (Phi) is 4.70. The van der Waals surface area contributed by atoms with Gasteiger partial charge in [-0.05, 0) is 35.2 Å². The fourth-order valence-corrected chi connectivity index (χ4v) is 2.56. The van der Waals surface area contributed by atoms with Crippen LogP contribution in [0.4, 0.5) is 0 Å². The fraction of sp³-hybridized carbons (Fsp3) is 0.286. The molecule has 2 aromatic carbocycles. The van der Waals surface area contributed by atoms with Gasteiger partial charge in [-0.1, -0.05) is 50.3 Å². The average molecular weight is 321 g/mol. The molecule has 0 bridgehead atoms. The van der Waals surface area contributed by atoms with Gasteiger partial charge in [0.05, 0.1) is 6.54 Å². The summed E-state index contributed by atoms with van der Waals surface area (Å²) < 4.78 is 11.9. The van der Waals surface area contributed by atoms with E-state index in [1.54, 1.807) is 0 Å². The summed E-state index contributed by atoms with van der Waals surface area (Å²) >= 11 is 0. The molecule has 1 aliphatic heterocycles. The zero-order chi connectivity index (χ0) is 17.0. The summed E-state index contributed by atoms with van der Waals surface area (Å²) in [6.07, 6.45) is 2.67. The van der Waals surface area contributed by atoms with Gasteiger partial charge in [-0.2, -0.15) is 0 Å². The van der Waals surface area contributed by atoms with E-state index in [2.05, 4.69) is 31.5 Å². The molecule has 0 aromatic heterocycles. The molecule has 1 atom stereocenters. The molecule has 1 heterocycles. The standard InChI is InChI=1S/C21H23NO2/c1-4-21(2,3)14-20-22-15-19(24-20)16-9-8-12-18(13-16)23-17-10-6-5-7-11-17/h4-13,19H,1,14-15H2,2-3H3. The number of nitrogens with zero attached hydrogens (tertiary/aromatic N) is 1. The number of benzene rings is 2. The lowest BCUT2D eigenvalue weighted by Crippen LogP contribution is -2.15. The third-order valence-corrected chi connectivity index (χ3v) is 4.08. The van der Waals surface area contributed by atoms with Crippen molar-refractivity contribution in [3.8, 4) is 11.5 Å². The van der Waals surface area contributed by atoms with Gasteiger partial charge in [0, 0.05) is 6.42 Å². The first-order valence-corrected chi connectivity index (χ1v) is 8.22. The van der Waals surface area contributed by atoms with Crippen molar-refractivity contribution < 1.29 is 9.47 Å². The number of hydrogen-bond donors (Lipinski definition) is 0. The summed E-state index contributed by atoms with van der Waals surface area (Å²) in [6, 6.07) is 17.8. The van der Waals surface area contributed by atoms with Gasteiger partial charge in [0.25, 0.3) is 0 Å². The van der Waals surface area contributed by atoms with Crippen molar-refractivity contribution in [1.82, 2.24) is 0 Å². The van der Waals surface area contributed by atoms with Crippen LogP contribution in [0.2, 0.25) is 0 Å². The molecule has 2 aromatic rings. The molecule has 3 heteroatoms. The second-order valence-electron chi connectivity index (χ2n) is 6.70. The minimum Gasteiger partial charge on any atom is -0.471 e. The molecule has 1 aliphatic rings. The van der Waals surface area contributed by atoms with Crippen LogP contribution in [-0.4, -0.2) is 12.4 Å². The largest absolute Gasteiger partial charge is 0.471 e. The molecule has 0 fully saturated rings. The molecule has 3 rings (SSSR count). The highest BCUT2D eigenvalue weighted by Gasteiger charge is 2.26. The van der Waals surface area contributed by atoms with Gasteiger partial charge in [-0.25, -0.2) is 0 Å². The SMILES string of the molecule is C=CC(C)(C)CC1=NCC(c2cccc(Oc3ccccc3)c2)O1. The van der Waals surface area contributed by atoms with Crippen LogP contribution in [0.1, 0.15) is 31.9 Å². The topological polar surface area (TPSA) is 30.8 Å². The lowest BCUT2D eigenvalue weighted by molar-refractivity contribution is 0.217. The lowest BCUT2D eigenvalue weighted by Gasteiger charge is -2.20. The fourth-order valence-electron chi connectivity index (χ4n) is 2.56. The lowest BCUT2D eigenvalue weighted by atomic mass is 9.90. The monoisotopic (exact) mass is 321 g/mol. The zero-order valence-electron chi connectivity index (χ0n) is 14.2. The first kappa shape index (κ1) is 16.3. The van der Waals surface area contributed by atoms with Crippen LogP contribution < -0.4 is 4.74 Å². The van der Waals surface area contributed by atoms with Crippen LogP contribution in [0.15, 0.2) is 72.2 Å². The third-order valence-electron chi connectivity index (χ3n) is 4.08. The molecule has 0 N–H and O–H groups in total. The van der Waals surface area contributed by atoms with Crippen LogP contribution in [0.3, 0.4) is 0 Å². The van der Waals surface area contributed by atoms with Crippen molar-refractivity contribution in [2.24, 2.45) is 10.4 Å². The maximum atomic E-state index is 6.04. The highest BCUT2D eigenvalue weighted by atomic mass is 16.5. The van der Waals surface area contributed by atoms with E-state index in [0.29, 0.717) is 6.54 Å². The van der Waals surface area contributed by atoms with Crippen molar-refractivity contribution in [2.45, 2.75) is 26.4 Å². The Hall–Kier alpha value is -2.55. The first-order valence-electron chi connectivity index (χ1n) is 8.22. The maximum Gasteiger partial charge on any atom is 0.185 e. The van der Waals surface area contributed by atoms with Gasteiger partial charge in [0.1, 0.15) is 17.6 Å². The molecule has 0 saturated carbocycles. The van der Waals surface area contributed by atoms with Crippen LogP contribution >= 0.6 is 0 Å². The zero-order valence-corrected chi connectivity index (χ0v) is 14.2. The van der Waals surface area contributed by atoms with E-state index < -0.39 is 0 Å². The third kappa shape index (κ3) is 4.05. The smallest absolute Gasteiger partial charge is 0.185 e. The molecular formula is C21H23NO2. The summed E-state index contributed by atoms with van der Waals surface area (Å²) in [6.45, 7) is 8.79. The molecule has 124 valence electrons. The summed E-state index contributed by atoms with van der Waals surface area (Å²) in [5.41, 5.74) is 1.07. The van der Waals surface area contributed by atoms with Crippen molar-refractivity contribution >= 4 is 5.90 Å². The van der Waals surface area contributed by atoms with Crippen molar-refractivity contribution in [3.63, 3.8) is 0 Å². The minimum absolute atomic E-state index is 0.00794. The molecule has 3 nitrogen and oxygen atoms in total. The Labute approximate surface area is 143 Å². The van der Waals surface area contributed by atoms with Crippen molar-refractivity contribution in [2.75, 3.05) is 6.54 Å². The van der Waals surface area contributed by atoms with Gasteiger partial charge >= 0.3 is 0 Å². The Bertz CT molecular complexity index is 735. The van der Waals surface area contributed by atoms with Crippen LogP contribution in [-0.2, 0) is 4.74 Å². The normalized spacial score (nSPS) is 17.1. The highest BCUT2D eigenvalue weighted by molar-refractivity contribution is 5.78. The Balaban J connectivity index is 1.66. The van der Waals surface area contributed by atoms with Gasteiger partial charge in [-0.3, -0.25) is 4.99 Å². The van der Waals surface area contributed by atoms with E-state index in [1.807, 2.05) is 54.6 Å². The predicted molar refractivity (Wildman–Crippen MR) is 97.7 cm³/mol. The number of para-hydroxylation sites is 1. The van der Waals surface area contributed by atoms with Crippen LogP contribution in [0.25, 0.3) is 0 Å². The van der Waals surface area contributed by atoms with E-state index >= 15 is 0 Å². The van der Waals surface area contributed by atoms with E-state index in [9.17, 15) is 0 Å². The molecule has 0 saturated heterocycles. The van der Waals surface area contributed by atoms with Crippen LogP contribution in [0, 0.1) is 5.41 Å². The summed E-state index contributed by atoms with van der Waals surface area (Å²) in [5.74, 6) is 2.44. The van der Waals surface area contributed by atoms with E-state index in [-0.39, 0.29) is 11.5 Å². The van der Waals surface area contributed by atoms with Gasteiger partial charge in [-0.15, -0.1) is 6.58 Å². The molecule has 0 aliphatic carbocycles. The van der Waals surface area contributed by atoms with Gasteiger partial charge in [0.15, 0.2) is 5.90 Å². The number of aliphatic imine (C=N–C) groups is 1. The number of hydrogen-bond acceptors (Lipinski definition) is 3. The van der Waals surface area contributed by atoms with E-state index in [1.165, 1.54) is 0 Å². The van der Waals surface area contributed by atoms with E-state index in [0.717, 1.165) is 29.4 Å². The van der Waals surface area contributed by atoms with Gasteiger partial charge in [0.2, 0.25) is 0 Å². The Morgan fingerprint density at radius 1 is 1.17 bits per heavy atom. The van der Waals surface area contributed by atoms with Gasteiger partial charge < -0.3 is 9.47 Å². The number of allylic oxidation sites excluding steroid dienone is 1. The predicted octanol–water partition coefficient (Wildman–Crippen LogP) is 5.55.